The average Bonchev–Trinajstić information content (AvgIpc) is 2.11. The number of amides is 1. The predicted octanol–water partition coefficient (Wildman–Crippen LogP) is 2.83. The molecule has 0 aliphatic carbocycles. The van der Waals surface area contributed by atoms with Gasteiger partial charge in [0.05, 0.1) is 10.6 Å². The van der Waals surface area contributed by atoms with Gasteiger partial charge in [0.2, 0.25) is 0 Å². The second kappa shape index (κ2) is 4.93. The minimum Gasteiger partial charge on any atom is -0.352 e. The van der Waals surface area contributed by atoms with E-state index >= 15 is 0 Å². The third kappa shape index (κ3) is 2.57. The van der Waals surface area contributed by atoms with Crippen LogP contribution < -0.4 is 5.32 Å². The molecule has 0 unspecified atom stereocenters. The smallest absolute Gasteiger partial charge is 0.252 e. The van der Waals surface area contributed by atoms with E-state index in [1.54, 1.807) is 6.92 Å². The molecule has 0 saturated carbocycles. The lowest BCUT2D eigenvalue weighted by Gasteiger charge is -2.05. The Morgan fingerprint density at radius 3 is 2.86 bits per heavy atom. The number of hydrogen-bond donors (Lipinski definition) is 1. The van der Waals surface area contributed by atoms with Crippen molar-refractivity contribution in [3.63, 3.8) is 0 Å². The van der Waals surface area contributed by atoms with Crippen LogP contribution in [0.25, 0.3) is 0 Å². The van der Waals surface area contributed by atoms with Crippen molar-refractivity contribution in [1.29, 1.82) is 0 Å². The Hall–Kier alpha value is -0.360. The van der Waals surface area contributed by atoms with E-state index in [-0.39, 0.29) is 10.9 Å². The van der Waals surface area contributed by atoms with Crippen molar-refractivity contribution in [3.05, 3.63) is 32.1 Å². The summed E-state index contributed by atoms with van der Waals surface area (Å²) in [5.74, 6) is -0.695. The molecule has 0 saturated heterocycles. The van der Waals surface area contributed by atoms with E-state index in [1.807, 2.05) is 22.6 Å². The van der Waals surface area contributed by atoms with E-state index in [4.69, 9.17) is 11.6 Å². The molecule has 1 aromatic rings. The maximum Gasteiger partial charge on any atom is 0.252 e. The van der Waals surface area contributed by atoms with Crippen LogP contribution in [0, 0.1) is 9.39 Å². The van der Waals surface area contributed by atoms with Gasteiger partial charge in [-0.2, -0.15) is 0 Å². The van der Waals surface area contributed by atoms with Gasteiger partial charge in [-0.05, 0) is 41.6 Å². The van der Waals surface area contributed by atoms with E-state index in [2.05, 4.69) is 5.32 Å². The molecule has 0 spiro atoms. The second-order valence-electron chi connectivity index (χ2n) is 2.61. The number of carbonyl (C=O) groups is 1. The molecule has 1 aromatic carbocycles. The molecule has 0 aliphatic rings. The molecule has 0 radical (unpaired) electrons. The van der Waals surface area contributed by atoms with Crippen molar-refractivity contribution < 1.29 is 9.18 Å². The summed E-state index contributed by atoms with van der Waals surface area (Å²) in [6.45, 7) is 2.32. The van der Waals surface area contributed by atoms with Crippen molar-refractivity contribution in [2.24, 2.45) is 0 Å². The highest BCUT2D eigenvalue weighted by Crippen LogP contribution is 2.21. The van der Waals surface area contributed by atoms with Crippen LogP contribution in [-0.2, 0) is 0 Å². The molecule has 0 bridgehead atoms. The van der Waals surface area contributed by atoms with E-state index < -0.39 is 5.82 Å². The Morgan fingerprint density at radius 2 is 2.29 bits per heavy atom. The Bertz CT molecular complexity index is 370. The van der Waals surface area contributed by atoms with Crippen LogP contribution in [0.15, 0.2) is 12.1 Å². The molecule has 76 valence electrons. The lowest BCUT2D eigenvalue weighted by Crippen LogP contribution is -2.23. The minimum atomic E-state index is -0.413. The summed E-state index contributed by atoms with van der Waals surface area (Å²) in [7, 11) is 0. The summed E-state index contributed by atoms with van der Waals surface area (Å²) in [6.07, 6.45) is 0. The van der Waals surface area contributed by atoms with Gasteiger partial charge < -0.3 is 5.32 Å². The summed E-state index contributed by atoms with van der Waals surface area (Å²) >= 11 is 7.54. The summed E-state index contributed by atoms with van der Waals surface area (Å²) in [6, 6.07) is 2.58. The largest absolute Gasteiger partial charge is 0.352 e. The molecule has 5 heteroatoms. The molecule has 0 atom stereocenters. The summed E-state index contributed by atoms with van der Waals surface area (Å²) in [4.78, 5) is 11.4. The molecule has 0 aromatic heterocycles. The topological polar surface area (TPSA) is 29.1 Å². The average molecular weight is 328 g/mol. The molecule has 0 heterocycles. The highest BCUT2D eigenvalue weighted by molar-refractivity contribution is 14.1. The first-order valence-corrected chi connectivity index (χ1v) is 5.44. The normalized spacial score (nSPS) is 10.0. The van der Waals surface area contributed by atoms with Crippen LogP contribution in [-0.4, -0.2) is 12.5 Å². The molecule has 1 rings (SSSR count). The van der Waals surface area contributed by atoms with E-state index in [0.717, 1.165) is 6.07 Å². The summed E-state index contributed by atoms with van der Waals surface area (Å²) in [5, 5.41) is 2.73. The Balaban J connectivity index is 3.09. The van der Waals surface area contributed by atoms with Crippen molar-refractivity contribution >= 4 is 40.1 Å². The standard InChI is InChI=1S/C9H8ClFINO/c1-2-13-9(14)5-3-8(12)7(11)4-6(5)10/h3-4H,2H2,1H3,(H,13,14). The third-order valence-electron chi connectivity index (χ3n) is 1.59. The number of carbonyl (C=O) groups excluding carboxylic acids is 1. The first-order valence-electron chi connectivity index (χ1n) is 3.99. The minimum absolute atomic E-state index is 0.133. The number of rotatable bonds is 2. The van der Waals surface area contributed by atoms with Gasteiger partial charge in [0, 0.05) is 10.1 Å². The van der Waals surface area contributed by atoms with Crippen molar-refractivity contribution in [3.8, 4) is 0 Å². The Labute approximate surface area is 100.0 Å². The summed E-state index contributed by atoms with van der Waals surface area (Å²) in [5.41, 5.74) is 0.305. The number of halogens is 3. The number of hydrogen-bond acceptors (Lipinski definition) is 1. The van der Waals surface area contributed by atoms with Gasteiger partial charge in [-0.25, -0.2) is 4.39 Å². The van der Waals surface area contributed by atoms with Gasteiger partial charge in [-0.15, -0.1) is 0 Å². The molecule has 0 aliphatic heterocycles. The maximum absolute atomic E-state index is 13.0. The predicted molar refractivity (Wildman–Crippen MR) is 62.1 cm³/mol. The zero-order valence-electron chi connectivity index (χ0n) is 7.40. The lowest BCUT2D eigenvalue weighted by molar-refractivity contribution is 0.0956. The maximum atomic E-state index is 13.0. The van der Waals surface area contributed by atoms with Crippen LogP contribution >= 0.6 is 34.2 Å². The zero-order valence-corrected chi connectivity index (χ0v) is 10.3. The van der Waals surface area contributed by atoms with Gasteiger partial charge in [-0.3, -0.25) is 4.79 Å². The number of benzene rings is 1. The molecular weight excluding hydrogens is 319 g/mol. The van der Waals surface area contributed by atoms with Crippen LogP contribution in [0.1, 0.15) is 17.3 Å². The molecule has 1 N–H and O–H groups in total. The van der Waals surface area contributed by atoms with Crippen LogP contribution in [0.3, 0.4) is 0 Å². The van der Waals surface area contributed by atoms with Gasteiger partial charge >= 0.3 is 0 Å². The second-order valence-corrected chi connectivity index (χ2v) is 4.18. The molecule has 1 amide bonds. The monoisotopic (exact) mass is 327 g/mol. The van der Waals surface area contributed by atoms with Gasteiger partial charge in [0.25, 0.3) is 5.91 Å². The Morgan fingerprint density at radius 1 is 1.64 bits per heavy atom. The zero-order chi connectivity index (χ0) is 10.7. The van der Waals surface area contributed by atoms with Crippen molar-refractivity contribution in [2.75, 3.05) is 6.54 Å². The fourth-order valence-corrected chi connectivity index (χ4v) is 1.66. The van der Waals surface area contributed by atoms with E-state index in [1.165, 1.54) is 6.07 Å². The highest BCUT2D eigenvalue weighted by Gasteiger charge is 2.12. The quantitative estimate of drug-likeness (QED) is 0.657. The van der Waals surface area contributed by atoms with Crippen LogP contribution in [0.4, 0.5) is 4.39 Å². The van der Waals surface area contributed by atoms with Crippen molar-refractivity contribution in [2.45, 2.75) is 6.92 Å². The first kappa shape index (κ1) is 11.7. The van der Waals surface area contributed by atoms with E-state index in [0.29, 0.717) is 15.7 Å². The van der Waals surface area contributed by atoms with Gasteiger partial charge in [0.1, 0.15) is 5.82 Å². The van der Waals surface area contributed by atoms with Crippen molar-refractivity contribution in [1.82, 2.24) is 5.32 Å². The lowest BCUT2D eigenvalue weighted by atomic mass is 10.2. The molecule has 2 nitrogen and oxygen atoms in total. The number of nitrogens with one attached hydrogen (secondary N) is 1. The van der Waals surface area contributed by atoms with Crippen LogP contribution in [0.5, 0.6) is 0 Å². The van der Waals surface area contributed by atoms with Gasteiger partial charge in [-0.1, -0.05) is 11.6 Å². The highest BCUT2D eigenvalue weighted by atomic mass is 127. The fraction of sp³-hybridized carbons (Fsp3) is 0.222. The molecule has 0 fully saturated rings. The summed E-state index contributed by atoms with van der Waals surface area (Å²) < 4.78 is 13.4. The Kier molecular flexibility index (Phi) is 4.12. The van der Waals surface area contributed by atoms with E-state index in [9.17, 15) is 9.18 Å². The molecular formula is C9H8ClFINO. The third-order valence-corrected chi connectivity index (χ3v) is 2.73. The first-order chi connectivity index (χ1) is 6.56. The van der Waals surface area contributed by atoms with Crippen LogP contribution in [0.2, 0.25) is 5.02 Å². The SMILES string of the molecule is CCNC(=O)c1cc(I)c(F)cc1Cl. The van der Waals surface area contributed by atoms with Gasteiger partial charge in [0.15, 0.2) is 0 Å². The molecule has 14 heavy (non-hydrogen) atoms. The fourth-order valence-electron chi connectivity index (χ4n) is 0.952.